The van der Waals surface area contributed by atoms with E-state index in [-0.39, 0.29) is 0 Å². The highest BCUT2D eigenvalue weighted by Crippen LogP contribution is 2.27. The Labute approximate surface area is 133 Å². The molecule has 2 aromatic heterocycles. The van der Waals surface area contributed by atoms with Crippen LogP contribution in [0.25, 0.3) is 17.1 Å². The van der Waals surface area contributed by atoms with E-state index in [0.717, 1.165) is 28.0 Å². The number of aromatic nitrogens is 4. The van der Waals surface area contributed by atoms with E-state index in [0.29, 0.717) is 0 Å². The molecule has 0 fully saturated rings. The third kappa shape index (κ3) is 2.94. The predicted octanol–water partition coefficient (Wildman–Crippen LogP) is 3.92. The number of hydrogen-bond donors (Lipinski definition) is 0. The molecule has 0 N–H and O–H groups in total. The minimum atomic E-state index is 0.789. The van der Waals surface area contributed by atoms with Gasteiger partial charge < -0.3 is 0 Å². The Hall–Kier alpha value is -2.40. The fourth-order valence-corrected chi connectivity index (χ4v) is 2.79. The number of thioether (sulfide) groups is 1. The number of pyridine rings is 1. The van der Waals surface area contributed by atoms with Crippen molar-refractivity contribution in [3.8, 4) is 17.1 Å². The zero-order valence-electron chi connectivity index (χ0n) is 12.3. The lowest BCUT2D eigenvalue weighted by Gasteiger charge is -2.10. The van der Waals surface area contributed by atoms with Crippen molar-refractivity contribution in [2.24, 2.45) is 0 Å². The van der Waals surface area contributed by atoms with E-state index >= 15 is 0 Å². The normalized spacial score (nSPS) is 10.6. The molecule has 0 saturated carbocycles. The summed E-state index contributed by atoms with van der Waals surface area (Å²) in [6, 6.07) is 12.2. The molecule has 3 rings (SSSR count). The maximum Gasteiger partial charge on any atom is 0.196 e. The van der Waals surface area contributed by atoms with Crippen LogP contribution in [0.4, 0.5) is 0 Å². The summed E-state index contributed by atoms with van der Waals surface area (Å²) in [6.45, 7) is 5.84. The van der Waals surface area contributed by atoms with Crippen molar-refractivity contribution in [2.45, 2.75) is 12.1 Å². The van der Waals surface area contributed by atoms with Crippen LogP contribution in [0.2, 0.25) is 0 Å². The fourth-order valence-electron chi connectivity index (χ4n) is 2.11. The van der Waals surface area contributed by atoms with Gasteiger partial charge in [0.1, 0.15) is 0 Å². The Morgan fingerprint density at radius 3 is 2.68 bits per heavy atom. The summed E-state index contributed by atoms with van der Waals surface area (Å²) in [5.41, 5.74) is 3.21. The number of nitrogens with zero attached hydrogens (tertiary/aromatic N) is 4. The SMILES string of the molecule is C=CCSc1nnc(-c2cccnc2)n1-c1ccc(C)cc1. The Bertz CT molecular complexity index is 763. The average molecular weight is 308 g/mol. The van der Waals surface area contributed by atoms with E-state index < -0.39 is 0 Å². The number of aryl methyl sites for hydroxylation is 1. The lowest BCUT2D eigenvalue weighted by Crippen LogP contribution is -2.00. The molecule has 0 atom stereocenters. The topological polar surface area (TPSA) is 43.6 Å². The van der Waals surface area contributed by atoms with Crippen molar-refractivity contribution in [2.75, 3.05) is 5.75 Å². The summed E-state index contributed by atoms with van der Waals surface area (Å²) in [5.74, 6) is 1.58. The summed E-state index contributed by atoms with van der Waals surface area (Å²) in [5, 5.41) is 9.53. The molecule has 0 spiro atoms. The van der Waals surface area contributed by atoms with E-state index in [2.05, 4.69) is 57.5 Å². The Kier molecular flexibility index (Phi) is 4.34. The average Bonchev–Trinajstić information content (AvgIpc) is 2.98. The molecule has 0 unspecified atom stereocenters. The molecule has 0 amide bonds. The van der Waals surface area contributed by atoms with Crippen molar-refractivity contribution in [3.63, 3.8) is 0 Å². The quantitative estimate of drug-likeness (QED) is 0.529. The first-order chi connectivity index (χ1) is 10.8. The van der Waals surface area contributed by atoms with Crippen LogP contribution in [0.3, 0.4) is 0 Å². The summed E-state index contributed by atoms with van der Waals surface area (Å²) in [7, 11) is 0. The molecular formula is C17H16N4S. The third-order valence-electron chi connectivity index (χ3n) is 3.18. The van der Waals surface area contributed by atoms with Crippen LogP contribution in [0.15, 0.2) is 66.6 Å². The van der Waals surface area contributed by atoms with Gasteiger partial charge in [0.05, 0.1) is 0 Å². The fraction of sp³-hybridized carbons (Fsp3) is 0.118. The summed E-state index contributed by atoms with van der Waals surface area (Å²) in [6.07, 6.45) is 5.42. The third-order valence-corrected chi connectivity index (χ3v) is 4.10. The number of hydrogen-bond acceptors (Lipinski definition) is 4. The van der Waals surface area contributed by atoms with Crippen LogP contribution in [0.5, 0.6) is 0 Å². The molecule has 0 aliphatic heterocycles. The van der Waals surface area contributed by atoms with Gasteiger partial charge in [-0.15, -0.1) is 16.8 Å². The second-order valence-electron chi connectivity index (χ2n) is 4.82. The first kappa shape index (κ1) is 14.5. The van der Waals surface area contributed by atoms with Crippen molar-refractivity contribution < 1.29 is 0 Å². The van der Waals surface area contributed by atoms with Crippen LogP contribution >= 0.6 is 11.8 Å². The molecule has 2 heterocycles. The van der Waals surface area contributed by atoms with Gasteiger partial charge in [-0.25, -0.2) is 0 Å². The largest absolute Gasteiger partial charge is 0.270 e. The summed E-state index contributed by atoms with van der Waals surface area (Å²) < 4.78 is 2.06. The van der Waals surface area contributed by atoms with Crippen LogP contribution in [-0.4, -0.2) is 25.5 Å². The molecule has 0 radical (unpaired) electrons. The zero-order chi connectivity index (χ0) is 15.4. The smallest absolute Gasteiger partial charge is 0.196 e. The molecule has 4 nitrogen and oxygen atoms in total. The summed E-state index contributed by atoms with van der Waals surface area (Å²) >= 11 is 1.61. The first-order valence-electron chi connectivity index (χ1n) is 6.96. The van der Waals surface area contributed by atoms with Gasteiger partial charge >= 0.3 is 0 Å². The van der Waals surface area contributed by atoms with Gasteiger partial charge in [0.25, 0.3) is 0 Å². The molecule has 0 bridgehead atoms. The molecule has 110 valence electrons. The number of rotatable bonds is 5. The minimum Gasteiger partial charge on any atom is -0.270 e. The van der Waals surface area contributed by atoms with E-state index in [4.69, 9.17) is 0 Å². The van der Waals surface area contributed by atoms with Gasteiger partial charge in [-0.05, 0) is 31.2 Å². The van der Waals surface area contributed by atoms with Gasteiger partial charge in [0.15, 0.2) is 11.0 Å². The maximum absolute atomic E-state index is 4.36. The van der Waals surface area contributed by atoms with Crippen molar-refractivity contribution in [3.05, 3.63) is 67.0 Å². The summed E-state index contributed by atoms with van der Waals surface area (Å²) in [4.78, 5) is 4.18. The first-order valence-corrected chi connectivity index (χ1v) is 7.94. The van der Waals surface area contributed by atoms with Crippen LogP contribution in [0, 0.1) is 6.92 Å². The molecule has 22 heavy (non-hydrogen) atoms. The van der Waals surface area contributed by atoms with Crippen molar-refractivity contribution in [1.29, 1.82) is 0 Å². The molecule has 1 aromatic carbocycles. The van der Waals surface area contributed by atoms with Gasteiger partial charge in [-0.3, -0.25) is 9.55 Å². The second kappa shape index (κ2) is 6.58. The minimum absolute atomic E-state index is 0.789. The highest BCUT2D eigenvalue weighted by atomic mass is 32.2. The molecule has 0 saturated heterocycles. The Morgan fingerprint density at radius 2 is 2.00 bits per heavy atom. The molecule has 5 heteroatoms. The van der Waals surface area contributed by atoms with E-state index in [1.165, 1.54) is 5.56 Å². The maximum atomic E-state index is 4.36. The van der Waals surface area contributed by atoms with Crippen molar-refractivity contribution >= 4 is 11.8 Å². The Morgan fingerprint density at radius 1 is 1.18 bits per heavy atom. The van der Waals surface area contributed by atoms with Crippen LogP contribution < -0.4 is 0 Å². The van der Waals surface area contributed by atoms with Crippen molar-refractivity contribution in [1.82, 2.24) is 19.7 Å². The van der Waals surface area contributed by atoms with E-state index in [9.17, 15) is 0 Å². The highest BCUT2D eigenvalue weighted by Gasteiger charge is 2.15. The van der Waals surface area contributed by atoms with E-state index in [1.54, 1.807) is 24.2 Å². The van der Waals surface area contributed by atoms with Gasteiger partial charge in [0, 0.05) is 29.4 Å². The lowest BCUT2D eigenvalue weighted by atomic mass is 10.2. The highest BCUT2D eigenvalue weighted by molar-refractivity contribution is 7.99. The van der Waals surface area contributed by atoms with Crippen LogP contribution in [-0.2, 0) is 0 Å². The second-order valence-corrected chi connectivity index (χ2v) is 5.81. The Balaban J connectivity index is 2.13. The monoisotopic (exact) mass is 308 g/mol. The molecular weight excluding hydrogens is 292 g/mol. The van der Waals surface area contributed by atoms with E-state index in [1.807, 2.05) is 18.2 Å². The zero-order valence-corrected chi connectivity index (χ0v) is 13.1. The predicted molar refractivity (Wildman–Crippen MR) is 90.2 cm³/mol. The standard InChI is InChI=1S/C17H16N4S/c1-3-11-22-17-20-19-16(14-5-4-10-18-12-14)21(17)15-8-6-13(2)7-9-15/h3-10,12H,1,11H2,2H3. The van der Waals surface area contributed by atoms with Gasteiger partial charge in [0.2, 0.25) is 0 Å². The molecule has 0 aliphatic rings. The number of benzene rings is 1. The van der Waals surface area contributed by atoms with Crippen LogP contribution in [0.1, 0.15) is 5.56 Å². The lowest BCUT2D eigenvalue weighted by molar-refractivity contribution is 0.887. The molecule has 3 aromatic rings. The molecule has 0 aliphatic carbocycles. The van der Waals surface area contributed by atoms with Gasteiger partial charge in [-0.1, -0.05) is 35.5 Å². The van der Waals surface area contributed by atoms with Gasteiger partial charge in [-0.2, -0.15) is 0 Å².